The molecule has 222 valence electrons. The van der Waals surface area contributed by atoms with E-state index in [0.717, 1.165) is 16.8 Å². The molecule has 2 atom stereocenters. The third-order valence-electron chi connectivity index (χ3n) is 7.16. The highest BCUT2D eigenvalue weighted by atomic mass is 32.2. The number of carbonyl (C=O) groups is 1. The number of nitrogens with zero attached hydrogens (tertiary/aromatic N) is 3. The summed E-state index contributed by atoms with van der Waals surface area (Å²) in [6, 6.07) is 20.8. The van der Waals surface area contributed by atoms with Gasteiger partial charge >= 0.3 is 0 Å². The number of sulfonamides is 1. The van der Waals surface area contributed by atoms with Crippen LogP contribution in [0.3, 0.4) is 0 Å². The van der Waals surface area contributed by atoms with Crippen molar-refractivity contribution < 1.29 is 23.1 Å². The van der Waals surface area contributed by atoms with E-state index in [-0.39, 0.29) is 29.8 Å². The summed E-state index contributed by atoms with van der Waals surface area (Å²) < 4.78 is 34.0. The molecule has 1 amide bonds. The number of aryl methyl sites for hydroxylation is 1. The zero-order valence-electron chi connectivity index (χ0n) is 25.1. The van der Waals surface area contributed by atoms with Crippen molar-refractivity contribution in [3.63, 3.8) is 0 Å². The largest absolute Gasteiger partial charge is 0.497 e. The van der Waals surface area contributed by atoms with Crippen molar-refractivity contribution in [1.82, 2.24) is 9.21 Å². The minimum absolute atomic E-state index is 0.0139. The Morgan fingerprint density at radius 3 is 2.10 bits per heavy atom. The van der Waals surface area contributed by atoms with Crippen molar-refractivity contribution in [2.45, 2.75) is 44.2 Å². The van der Waals surface area contributed by atoms with E-state index in [1.54, 1.807) is 30.1 Å². The lowest BCUT2D eigenvalue weighted by Crippen LogP contribution is -2.51. The summed E-state index contributed by atoms with van der Waals surface area (Å²) in [5, 5.41) is 11.7. The average Bonchev–Trinajstić information content (AvgIpc) is 2.95. The molecule has 3 rings (SSSR count). The predicted octanol–water partition coefficient (Wildman–Crippen LogP) is 4.46. The van der Waals surface area contributed by atoms with Crippen LogP contribution < -0.4 is 9.64 Å². The van der Waals surface area contributed by atoms with Gasteiger partial charge in [-0.1, -0.05) is 44.2 Å². The SMILES string of the molecule is COc1ccc(S(=O)(=O)N(CC(C)C)C[C@@H](O)[C@H](Cc2ccccc2)N(C)C(=O)c2ccc(N(C)C)cc2C)cc1. The molecular formula is C32H43N3O5S. The van der Waals surface area contributed by atoms with Crippen LogP contribution in [0.15, 0.2) is 77.7 Å². The van der Waals surface area contributed by atoms with E-state index in [1.165, 1.54) is 23.5 Å². The van der Waals surface area contributed by atoms with E-state index in [2.05, 4.69) is 0 Å². The van der Waals surface area contributed by atoms with Gasteiger partial charge in [0.05, 0.1) is 24.2 Å². The maximum Gasteiger partial charge on any atom is 0.254 e. The molecule has 1 N–H and O–H groups in total. The van der Waals surface area contributed by atoms with Gasteiger partial charge in [0.25, 0.3) is 5.91 Å². The van der Waals surface area contributed by atoms with Gasteiger partial charge in [-0.05, 0) is 72.9 Å². The molecular weight excluding hydrogens is 538 g/mol. The maximum atomic E-state index is 13.8. The van der Waals surface area contributed by atoms with Crippen LogP contribution in [0.2, 0.25) is 0 Å². The molecule has 0 radical (unpaired) electrons. The first-order chi connectivity index (χ1) is 19.3. The summed E-state index contributed by atoms with van der Waals surface area (Å²) in [7, 11) is 3.14. The van der Waals surface area contributed by atoms with Gasteiger partial charge in [-0.15, -0.1) is 0 Å². The van der Waals surface area contributed by atoms with E-state index < -0.39 is 22.2 Å². The second-order valence-electron chi connectivity index (χ2n) is 11.0. The number of anilines is 1. The van der Waals surface area contributed by atoms with Gasteiger partial charge < -0.3 is 19.6 Å². The Morgan fingerprint density at radius 1 is 0.927 bits per heavy atom. The molecule has 9 heteroatoms. The normalized spacial score (nSPS) is 13.2. The Kier molecular flexibility index (Phi) is 11.0. The Balaban J connectivity index is 1.96. The van der Waals surface area contributed by atoms with Crippen LogP contribution in [-0.4, -0.2) is 82.1 Å². The fraction of sp³-hybridized carbons (Fsp3) is 0.406. The molecule has 0 saturated heterocycles. The summed E-state index contributed by atoms with van der Waals surface area (Å²) in [4.78, 5) is 17.4. The molecule has 0 aliphatic carbocycles. The molecule has 0 unspecified atom stereocenters. The Bertz CT molecular complexity index is 1390. The summed E-state index contributed by atoms with van der Waals surface area (Å²) in [6.45, 7) is 5.80. The highest BCUT2D eigenvalue weighted by Crippen LogP contribution is 2.24. The van der Waals surface area contributed by atoms with Gasteiger partial charge in [-0.2, -0.15) is 4.31 Å². The van der Waals surface area contributed by atoms with E-state index >= 15 is 0 Å². The van der Waals surface area contributed by atoms with E-state index in [9.17, 15) is 18.3 Å². The lowest BCUT2D eigenvalue weighted by Gasteiger charge is -2.35. The number of aliphatic hydroxyl groups excluding tert-OH is 1. The van der Waals surface area contributed by atoms with Crippen LogP contribution in [0.25, 0.3) is 0 Å². The van der Waals surface area contributed by atoms with Crippen LogP contribution >= 0.6 is 0 Å². The number of hydrogen-bond donors (Lipinski definition) is 1. The molecule has 8 nitrogen and oxygen atoms in total. The van der Waals surface area contributed by atoms with Crippen LogP contribution in [-0.2, 0) is 16.4 Å². The fourth-order valence-corrected chi connectivity index (χ4v) is 6.42. The molecule has 41 heavy (non-hydrogen) atoms. The number of hydrogen-bond acceptors (Lipinski definition) is 6. The quantitative estimate of drug-likeness (QED) is 0.321. The minimum Gasteiger partial charge on any atom is -0.497 e. The van der Waals surface area contributed by atoms with Crippen molar-refractivity contribution in [2.75, 3.05) is 46.2 Å². The van der Waals surface area contributed by atoms with Gasteiger partial charge in [0.2, 0.25) is 10.0 Å². The lowest BCUT2D eigenvalue weighted by atomic mass is 9.98. The summed E-state index contributed by atoms with van der Waals surface area (Å²) in [5.74, 6) is 0.331. The van der Waals surface area contributed by atoms with Crippen molar-refractivity contribution in [2.24, 2.45) is 5.92 Å². The van der Waals surface area contributed by atoms with Crippen LogP contribution in [0, 0.1) is 12.8 Å². The highest BCUT2D eigenvalue weighted by Gasteiger charge is 2.34. The number of benzene rings is 3. The van der Waals surface area contributed by atoms with Crippen LogP contribution in [0.4, 0.5) is 5.69 Å². The number of rotatable bonds is 13. The molecule has 0 saturated carbocycles. The molecule has 0 bridgehead atoms. The Labute approximate surface area is 245 Å². The van der Waals surface area contributed by atoms with Gasteiger partial charge in [0.15, 0.2) is 0 Å². The zero-order valence-corrected chi connectivity index (χ0v) is 25.9. The number of likely N-dealkylation sites (N-methyl/N-ethyl adjacent to an activating group) is 1. The second kappa shape index (κ2) is 14.0. The average molecular weight is 582 g/mol. The summed E-state index contributed by atoms with van der Waals surface area (Å²) in [5.41, 5.74) is 3.28. The smallest absolute Gasteiger partial charge is 0.254 e. The Hall–Kier alpha value is -3.40. The number of ether oxygens (including phenoxy) is 1. The summed E-state index contributed by atoms with van der Waals surface area (Å²) >= 11 is 0. The standard InChI is InChI=1S/C32H43N3O5S/c1-23(2)21-35(41(38,39)28-16-14-27(40-7)15-17-28)22-31(36)30(20-25-11-9-8-10-12-25)34(6)32(37)29-18-13-26(33(4)5)19-24(29)3/h8-19,23,30-31,36H,20-22H2,1-7H3/t30-,31+/m0/s1. The minimum atomic E-state index is -3.93. The topological polar surface area (TPSA) is 90.4 Å². The van der Waals surface area contributed by atoms with Crippen molar-refractivity contribution in [1.29, 1.82) is 0 Å². The predicted molar refractivity (Wildman–Crippen MR) is 164 cm³/mol. The molecule has 3 aromatic carbocycles. The van der Waals surface area contributed by atoms with Gasteiger partial charge in [0.1, 0.15) is 5.75 Å². The lowest BCUT2D eigenvalue weighted by molar-refractivity contribution is 0.0370. The van der Waals surface area contributed by atoms with Crippen LogP contribution in [0.5, 0.6) is 5.75 Å². The first-order valence-corrected chi connectivity index (χ1v) is 15.2. The van der Waals surface area contributed by atoms with Gasteiger partial charge in [0, 0.05) is 45.5 Å². The number of carbonyl (C=O) groups excluding carboxylic acids is 1. The maximum absolute atomic E-state index is 13.8. The van der Waals surface area contributed by atoms with Gasteiger partial charge in [-0.25, -0.2) is 8.42 Å². The molecule has 0 aliphatic rings. The van der Waals surface area contributed by atoms with Gasteiger partial charge in [-0.3, -0.25) is 4.79 Å². The highest BCUT2D eigenvalue weighted by molar-refractivity contribution is 7.89. The molecule has 0 spiro atoms. The molecule has 0 heterocycles. The fourth-order valence-electron chi connectivity index (χ4n) is 4.80. The first kappa shape index (κ1) is 32.1. The number of amides is 1. The number of methoxy groups -OCH3 is 1. The Morgan fingerprint density at radius 2 is 1.56 bits per heavy atom. The monoisotopic (exact) mass is 581 g/mol. The van der Waals surface area contributed by atoms with Crippen molar-refractivity contribution in [3.8, 4) is 5.75 Å². The zero-order chi connectivity index (χ0) is 30.3. The van der Waals surface area contributed by atoms with Crippen LogP contribution in [0.1, 0.15) is 35.3 Å². The summed E-state index contributed by atoms with van der Waals surface area (Å²) in [6.07, 6.45) is -0.797. The molecule has 0 aliphatic heterocycles. The van der Waals surface area contributed by atoms with Crippen molar-refractivity contribution in [3.05, 3.63) is 89.5 Å². The molecule has 0 fully saturated rings. The molecule has 3 aromatic rings. The first-order valence-electron chi connectivity index (χ1n) is 13.8. The number of aliphatic hydroxyl groups is 1. The third-order valence-corrected chi connectivity index (χ3v) is 9.01. The van der Waals surface area contributed by atoms with E-state index in [0.29, 0.717) is 17.7 Å². The second-order valence-corrected chi connectivity index (χ2v) is 13.0. The van der Waals surface area contributed by atoms with Crippen molar-refractivity contribution >= 4 is 21.6 Å². The molecule has 0 aromatic heterocycles. The van der Waals surface area contributed by atoms with E-state index in [1.807, 2.05) is 82.2 Å². The third kappa shape index (κ3) is 8.09. The van der Waals surface area contributed by atoms with E-state index in [4.69, 9.17) is 4.74 Å².